The monoisotopic (exact) mass is 262 g/mol. The molecule has 0 spiro atoms. The quantitative estimate of drug-likeness (QED) is 0.903. The average molecular weight is 262 g/mol. The molecular formula is C16H26N2O. The van der Waals surface area contributed by atoms with Crippen molar-refractivity contribution in [1.82, 2.24) is 9.80 Å². The molecule has 1 aromatic carbocycles. The lowest BCUT2D eigenvalue weighted by Gasteiger charge is -2.30. The molecule has 1 N–H and O–H groups in total. The van der Waals surface area contributed by atoms with Crippen molar-refractivity contribution >= 4 is 0 Å². The van der Waals surface area contributed by atoms with Crippen LogP contribution in [0, 0.1) is 6.92 Å². The first-order valence-corrected chi connectivity index (χ1v) is 7.24. The Morgan fingerprint density at radius 1 is 1.32 bits per heavy atom. The highest BCUT2D eigenvalue weighted by Gasteiger charge is 2.22. The molecule has 2 atom stereocenters. The van der Waals surface area contributed by atoms with Crippen molar-refractivity contribution in [1.29, 1.82) is 0 Å². The van der Waals surface area contributed by atoms with Crippen molar-refractivity contribution in [2.45, 2.75) is 32.4 Å². The lowest BCUT2D eigenvalue weighted by atomic mass is 10.0. The maximum absolute atomic E-state index is 10.5. The summed E-state index contributed by atoms with van der Waals surface area (Å²) >= 11 is 0. The molecular weight excluding hydrogens is 236 g/mol. The van der Waals surface area contributed by atoms with E-state index in [1.807, 2.05) is 18.2 Å². The third-order valence-corrected chi connectivity index (χ3v) is 4.14. The highest BCUT2D eigenvalue weighted by atomic mass is 16.3. The number of β-amino-alcohol motifs (C(OH)–C–C–N with tert-alkyl or cyclic N) is 1. The molecule has 3 nitrogen and oxygen atoms in total. The van der Waals surface area contributed by atoms with E-state index in [2.05, 4.69) is 36.8 Å². The molecule has 1 saturated heterocycles. The third kappa shape index (κ3) is 3.78. The first-order valence-electron chi connectivity index (χ1n) is 7.24. The molecule has 2 rings (SSSR count). The SMILES string of the molecule is Cc1ccccc1C(O)CN1CCCN(C)CC1C. The summed E-state index contributed by atoms with van der Waals surface area (Å²) in [6.07, 6.45) is 0.800. The van der Waals surface area contributed by atoms with Crippen molar-refractivity contribution in [2.75, 3.05) is 33.2 Å². The summed E-state index contributed by atoms with van der Waals surface area (Å²) in [7, 11) is 2.18. The van der Waals surface area contributed by atoms with Crippen LogP contribution in [0.2, 0.25) is 0 Å². The summed E-state index contributed by atoms with van der Waals surface area (Å²) in [6.45, 7) is 8.38. The van der Waals surface area contributed by atoms with E-state index in [1.54, 1.807) is 0 Å². The van der Waals surface area contributed by atoms with Gasteiger partial charge in [0.1, 0.15) is 0 Å². The van der Waals surface area contributed by atoms with Gasteiger partial charge in [0.25, 0.3) is 0 Å². The summed E-state index contributed by atoms with van der Waals surface area (Å²) in [4.78, 5) is 4.80. The molecule has 0 amide bonds. The van der Waals surface area contributed by atoms with Crippen LogP contribution in [-0.2, 0) is 0 Å². The highest BCUT2D eigenvalue weighted by molar-refractivity contribution is 5.27. The summed E-state index contributed by atoms with van der Waals surface area (Å²) < 4.78 is 0. The number of aliphatic hydroxyl groups is 1. The zero-order valence-corrected chi connectivity index (χ0v) is 12.3. The van der Waals surface area contributed by atoms with Crippen LogP contribution >= 0.6 is 0 Å². The van der Waals surface area contributed by atoms with Crippen LogP contribution in [0.1, 0.15) is 30.6 Å². The van der Waals surface area contributed by atoms with Crippen molar-refractivity contribution in [2.24, 2.45) is 0 Å². The Balaban J connectivity index is 2.02. The van der Waals surface area contributed by atoms with E-state index in [0.29, 0.717) is 6.04 Å². The summed E-state index contributed by atoms with van der Waals surface area (Å²) in [5, 5.41) is 10.5. The van der Waals surface area contributed by atoms with Crippen molar-refractivity contribution < 1.29 is 5.11 Å². The van der Waals surface area contributed by atoms with Gasteiger partial charge in [0.2, 0.25) is 0 Å². The van der Waals surface area contributed by atoms with Gasteiger partial charge in [0.05, 0.1) is 6.10 Å². The van der Waals surface area contributed by atoms with E-state index < -0.39 is 0 Å². The molecule has 106 valence electrons. The van der Waals surface area contributed by atoms with Gasteiger partial charge in [-0.05, 0) is 51.5 Å². The van der Waals surface area contributed by atoms with Crippen LogP contribution in [0.3, 0.4) is 0 Å². The van der Waals surface area contributed by atoms with E-state index in [-0.39, 0.29) is 6.10 Å². The number of hydrogen-bond acceptors (Lipinski definition) is 3. The smallest absolute Gasteiger partial charge is 0.0919 e. The maximum Gasteiger partial charge on any atom is 0.0919 e. The van der Waals surface area contributed by atoms with E-state index >= 15 is 0 Å². The van der Waals surface area contributed by atoms with E-state index in [9.17, 15) is 5.11 Å². The largest absolute Gasteiger partial charge is 0.387 e. The minimum absolute atomic E-state index is 0.382. The summed E-state index contributed by atoms with van der Waals surface area (Å²) in [5.41, 5.74) is 2.24. The predicted octanol–water partition coefficient (Wildman–Crippen LogP) is 2.05. The van der Waals surface area contributed by atoms with Crippen molar-refractivity contribution in [3.63, 3.8) is 0 Å². The number of rotatable bonds is 3. The number of likely N-dealkylation sites (N-methyl/N-ethyl adjacent to an activating group) is 1. The number of nitrogens with zero attached hydrogens (tertiary/aromatic N) is 2. The molecule has 3 heteroatoms. The molecule has 0 aromatic heterocycles. The van der Waals surface area contributed by atoms with Gasteiger partial charge in [-0.25, -0.2) is 0 Å². The van der Waals surface area contributed by atoms with Gasteiger partial charge in [0.15, 0.2) is 0 Å². The van der Waals surface area contributed by atoms with Crippen LogP contribution in [0.25, 0.3) is 0 Å². The maximum atomic E-state index is 10.5. The Hall–Kier alpha value is -0.900. The topological polar surface area (TPSA) is 26.7 Å². The molecule has 0 aliphatic carbocycles. The Bertz CT molecular complexity index is 407. The van der Waals surface area contributed by atoms with Gasteiger partial charge >= 0.3 is 0 Å². The van der Waals surface area contributed by atoms with Gasteiger partial charge < -0.3 is 10.0 Å². The van der Waals surface area contributed by atoms with Crippen LogP contribution in [0.15, 0.2) is 24.3 Å². The standard InChI is InChI=1S/C16H26N2O/c1-13-7-4-5-8-15(13)16(19)12-18-10-6-9-17(3)11-14(18)2/h4-5,7-8,14,16,19H,6,9-12H2,1-3H3. The molecule has 1 heterocycles. The normalized spacial score (nSPS) is 24.1. The van der Waals surface area contributed by atoms with Gasteiger partial charge in [-0.15, -0.1) is 0 Å². The lowest BCUT2D eigenvalue weighted by molar-refractivity contribution is 0.0916. The molecule has 1 aliphatic rings. The molecule has 1 aromatic rings. The second-order valence-corrected chi connectivity index (χ2v) is 5.83. The molecule has 0 radical (unpaired) electrons. The molecule has 2 unspecified atom stereocenters. The number of hydrogen-bond donors (Lipinski definition) is 1. The van der Waals surface area contributed by atoms with E-state index in [4.69, 9.17) is 0 Å². The fourth-order valence-corrected chi connectivity index (χ4v) is 2.97. The molecule has 0 bridgehead atoms. The second kappa shape index (κ2) is 6.51. The van der Waals surface area contributed by atoms with Crippen LogP contribution in [0.4, 0.5) is 0 Å². The fraction of sp³-hybridized carbons (Fsp3) is 0.625. The Kier molecular flexibility index (Phi) is 4.97. The van der Waals surface area contributed by atoms with Crippen molar-refractivity contribution in [3.8, 4) is 0 Å². The van der Waals surface area contributed by atoms with Crippen LogP contribution in [-0.4, -0.2) is 54.2 Å². The molecule has 0 saturated carbocycles. The Morgan fingerprint density at radius 2 is 2.05 bits per heavy atom. The Morgan fingerprint density at radius 3 is 2.79 bits per heavy atom. The third-order valence-electron chi connectivity index (χ3n) is 4.14. The minimum Gasteiger partial charge on any atom is -0.387 e. The van der Waals surface area contributed by atoms with Crippen LogP contribution < -0.4 is 0 Å². The van der Waals surface area contributed by atoms with Crippen LogP contribution in [0.5, 0.6) is 0 Å². The number of benzene rings is 1. The minimum atomic E-state index is -0.382. The number of aliphatic hydroxyl groups excluding tert-OH is 1. The second-order valence-electron chi connectivity index (χ2n) is 5.83. The first-order chi connectivity index (χ1) is 9.08. The zero-order chi connectivity index (χ0) is 13.8. The zero-order valence-electron chi connectivity index (χ0n) is 12.3. The highest BCUT2D eigenvalue weighted by Crippen LogP contribution is 2.20. The molecule has 19 heavy (non-hydrogen) atoms. The predicted molar refractivity (Wildman–Crippen MR) is 79.3 cm³/mol. The van der Waals surface area contributed by atoms with Gasteiger partial charge in [-0.2, -0.15) is 0 Å². The van der Waals surface area contributed by atoms with E-state index in [0.717, 1.165) is 31.7 Å². The van der Waals surface area contributed by atoms with Gasteiger partial charge in [-0.3, -0.25) is 4.90 Å². The summed E-state index contributed by atoms with van der Waals surface area (Å²) in [6, 6.07) is 8.64. The lowest BCUT2D eigenvalue weighted by Crippen LogP contribution is -2.40. The Labute approximate surface area is 116 Å². The van der Waals surface area contributed by atoms with Crippen molar-refractivity contribution in [3.05, 3.63) is 35.4 Å². The number of aryl methyl sites for hydroxylation is 1. The summed E-state index contributed by atoms with van der Waals surface area (Å²) in [5.74, 6) is 0. The molecule has 1 fully saturated rings. The fourth-order valence-electron chi connectivity index (χ4n) is 2.97. The molecule has 1 aliphatic heterocycles. The van der Waals surface area contributed by atoms with E-state index in [1.165, 1.54) is 12.0 Å². The first kappa shape index (κ1) is 14.5. The van der Waals surface area contributed by atoms with Gasteiger partial charge in [0, 0.05) is 19.1 Å². The van der Waals surface area contributed by atoms with Gasteiger partial charge in [-0.1, -0.05) is 24.3 Å². The average Bonchev–Trinajstić information content (AvgIpc) is 2.52.